The van der Waals surface area contributed by atoms with Crippen LogP contribution in [-0.2, 0) is 9.59 Å². The summed E-state index contributed by atoms with van der Waals surface area (Å²) in [5, 5.41) is 0. The summed E-state index contributed by atoms with van der Waals surface area (Å²) in [5.41, 5.74) is 1.09. The van der Waals surface area contributed by atoms with Crippen LogP contribution in [-0.4, -0.2) is 11.6 Å². The predicted octanol–water partition coefficient (Wildman–Crippen LogP) is 7.43. The number of Topliss-reactive ketones (excluding diaryl/α,β-unsaturated/α-hetero) is 2. The Morgan fingerprint density at radius 3 is 1.46 bits per heavy atom. The fourth-order valence-electron chi connectivity index (χ4n) is 7.55. The molecule has 2 heteroatoms. The van der Waals surface area contributed by atoms with Gasteiger partial charge in [0.25, 0.3) is 0 Å². The molecule has 160 valence electrons. The van der Waals surface area contributed by atoms with Crippen molar-refractivity contribution in [1.29, 1.82) is 0 Å². The molecule has 4 rings (SSSR count). The number of hydrogen-bond acceptors (Lipinski definition) is 2. The molecule has 4 bridgehead atoms. The summed E-state index contributed by atoms with van der Waals surface area (Å²) in [6.07, 6.45) is 21.0. The highest BCUT2D eigenvalue weighted by Crippen LogP contribution is 2.67. The molecule has 0 radical (unpaired) electrons. The van der Waals surface area contributed by atoms with E-state index in [9.17, 15) is 9.59 Å². The summed E-state index contributed by atoms with van der Waals surface area (Å²) in [5.74, 6) is 2.86. The van der Waals surface area contributed by atoms with Crippen LogP contribution in [0.1, 0.15) is 129 Å². The Balaban J connectivity index is 1.49. The molecule has 0 atom stereocenters. The predicted molar refractivity (Wildman–Crippen MR) is 116 cm³/mol. The van der Waals surface area contributed by atoms with Gasteiger partial charge in [-0.05, 0) is 99.7 Å². The average Bonchev–Trinajstić information content (AvgIpc) is 2.63. The van der Waals surface area contributed by atoms with Crippen LogP contribution in [0.15, 0.2) is 0 Å². The molecule has 0 aromatic carbocycles. The second-order valence-corrected chi connectivity index (χ2v) is 11.0. The number of hydrogen-bond donors (Lipinski definition) is 0. The lowest BCUT2D eigenvalue weighted by Crippen LogP contribution is -2.51. The van der Waals surface area contributed by atoms with Gasteiger partial charge in [0.1, 0.15) is 11.6 Å². The van der Waals surface area contributed by atoms with Crippen LogP contribution < -0.4 is 0 Å². The maximum absolute atomic E-state index is 12.1. The van der Waals surface area contributed by atoms with Crippen molar-refractivity contribution in [3.63, 3.8) is 0 Å². The number of carbonyl (C=O) groups excluding carboxylic acids is 2. The van der Waals surface area contributed by atoms with Gasteiger partial charge >= 0.3 is 0 Å². The smallest absolute Gasteiger partial charge is 0.132 e. The number of ketones is 2. The van der Waals surface area contributed by atoms with Crippen LogP contribution in [0.3, 0.4) is 0 Å². The van der Waals surface area contributed by atoms with Gasteiger partial charge < -0.3 is 0 Å². The van der Waals surface area contributed by atoms with Gasteiger partial charge in [0.15, 0.2) is 0 Å². The Bertz CT molecular complexity index is 477. The molecule has 4 aliphatic carbocycles. The molecule has 0 aromatic heterocycles. The zero-order valence-electron chi connectivity index (χ0n) is 18.7. The normalized spacial score (nSPS) is 33.4. The third kappa shape index (κ3) is 5.70. The van der Waals surface area contributed by atoms with Crippen LogP contribution in [0.25, 0.3) is 0 Å². The molecular weight excluding hydrogens is 344 g/mol. The van der Waals surface area contributed by atoms with Crippen molar-refractivity contribution in [2.24, 2.45) is 22.7 Å². The molecular formula is C26H44O2. The van der Waals surface area contributed by atoms with Gasteiger partial charge in [0.2, 0.25) is 0 Å². The van der Waals surface area contributed by atoms with Crippen molar-refractivity contribution >= 4 is 11.6 Å². The molecule has 4 fully saturated rings. The number of rotatable bonds is 14. The van der Waals surface area contributed by atoms with E-state index in [0.29, 0.717) is 22.4 Å². The van der Waals surface area contributed by atoms with Gasteiger partial charge in [-0.15, -0.1) is 0 Å². The summed E-state index contributed by atoms with van der Waals surface area (Å²) < 4.78 is 0. The summed E-state index contributed by atoms with van der Waals surface area (Å²) in [4.78, 5) is 24.2. The van der Waals surface area contributed by atoms with Gasteiger partial charge in [-0.3, -0.25) is 9.59 Å². The summed E-state index contributed by atoms with van der Waals surface area (Å²) in [6.45, 7) is 4.33. The van der Waals surface area contributed by atoms with Crippen LogP contribution in [0.5, 0.6) is 0 Å². The monoisotopic (exact) mass is 388 g/mol. The van der Waals surface area contributed by atoms with Gasteiger partial charge in [-0.2, -0.15) is 0 Å². The minimum atomic E-state index is 0.492. The van der Waals surface area contributed by atoms with Crippen molar-refractivity contribution in [3.8, 4) is 0 Å². The Morgan fingerprint density at radius 1 is 0.679 bits per heavy atom. The third-order valence-electron chi connectivity index (χ3n) is 8.25. The fraction of sp³-hybridized carbons (Fsp3) is 0.923. The standard InChI is InChI=1S/C26H44O2/c1-3-5-9-23(27)11-7-13-25-16-21-15-22(17-25)19-26(18-21,20-25)14-8-12-24(28)10-6-4-2/h21-22H,3-20H2,1-2H3. The number of unbranched alkanes of at least 4 members (excludes halogenated alkanes) is 2. The maximum Gasteiger partial charge on any atom is 0.132 e. The first-order chi connectivity index (χ1) is 13.5. The van der Waals surface area contributed by atoms with E-state index in [-0.39, 0.29) is 0 Å². The maximum atomic E-state index is 12.1. The second-order valence-electron chi connectivity index (χ2n) is 11.0. The van der Waals surface area contributed by atoms with E-state index in [1.807, 2.05) is 0 Å². The first kappa shape index (κ1) is 22.0. The minimum absolute atomic E-state index is 0.492. The van der Waals surface area contributed by atoms with Crippen molar-refractivity contribution in [2.75, 3.05) is 0 Å². The van der Waals surface area contributed by atoms with Crippen LogP contribution in [0, 0.1) is 22.7 Å². The van der Waals surface area contributed by atoms with E-state index in [1.165, 1.54) is 51.4 Å². The quantitative estimate of drug-likeness (QED) is 0.310. The zero-order chi connectivity index (χ0) is 20.0. The number of carbonyl (C=O) groups is 2. The van der Waals surface area contributed by atoms with Crippen molar-refractivity contribution < 1.29 is 9.59 Å². The molecule has 0 aromatic rings. The molecule has 0 spiro atoms. The van der Waals surface area contributed by atoms with E-state index < -0.39 is 0 Å². The Morgan fingerprint density at radius 2 is 1.07 bits per heavy atom. The molecule has 0 N–H and O–H groups in total. The van der Waals surface area contributed by atoms with E-state index in [1.54, 1.807) is 0 Å². The largest absolute Gasteiger partial charge is 0.300 e. The van der Waals surface area contributed by atoms with E-state index >= 15 is 0 Å². The van der Waals surface area contributed by atoms with Gasteiger partial charge in [0, 0.05) is 25.7 Å². The van der Waals surface area contributed by atoms with E-state index in [2.05, 4.69) is 13.8 Å². The highest BCUT2D eigenvalue weighted by Gasteiger charge is 2.56. The summed E-state index contributed by atoms with van der Waals surface area (Å²) in [7, 11) is 0. The molecule has 0 heterocycles. The Labute approximate surface area is 173 Å². The summed E-state index contributed by atoms with van der Waals surface area (Å²) in [6, 6.07) is 0. The van der Waals surface area contributed by atoms with Crippen molar-refractivity contribution in [1.82, 2.24) is 0 Å². The van der Waals surface area contributed by atoms with Gasteiger partial charge in [-0.25, -0.2) is 0 Å². The van der Waals surface area contributed by atoms with Crippen LogP contribution in [0.4, 0.5) is 0 Å². The summed E-state index contributed by atoms with van der Waals surface area (Å²) >= 11 is 0. The molecule has 4 saturated carbocycles. The van der Waals surface area contributed by atoms with Crippen LogP contribution >= 0.6 is 0 Å². The van der Waals surface area contributed by atoms with Crippen molar-refractivity contribution in [3.05, 3.63) is 0 Å². The Hall–Kier alpha value is -0.660. The van der Waals surface area contributed by atoms with E-state index in [0.717, 1.165) is 76.0 Å². The Kier molecular flexibility index (Phi) is 7.79. The zero-order valence-corrected chi connectivity index (χ0v) is 18.7. The molecule has 2 nitrogen and oxygen atoms in total. The average molecular weight is 389 g/mol. The molecule has 0 aliphatic heterocycles. The van der Waals surface area contributed by atoms with Gasteiger partial charge in [-0.1, -0.05) is 26.7 Å². The molecule has 28 heavy (non-hydrogen) atoms. The van der Waals surface area contributed by atoms with Crippen molar-refractivity contribution in [2.45, 2.75) is 129 Å². The SMILES string of the molecule is CCCCC(=O)CCCC12CC3CC(C1)CC(CCCC(=O)CCCC)(C3)C2. The minimum Gasteiger partial charge on any atom is -0.300 e. The topological polar surface area (TPSA) is 34.1 Å². The van der Waals surface area contributed by atoms with E-state index in [4.69, 9.17) is 0 Å². The molecule has 4 aliphatic rings. The second kappa shape index (κ2) is 9.90. The highest BCUT2D eigenvalue weighted by molar-refractivity contribution is 5.78. The first-order valence-electron chi connectivity index (χ1n) is 12.5. The first-order valence-corrected chi connectivity index (χ1v) is 12.5. The van der Waals surface area contributed by atoms with Crippen LogP contribution in [0.2, 0.25) is 0 Å². The lowest BCUT2D eigenvalue weighted by atomic mass is 9.42. The molecule has 0 unspecified atom stereocenters. The highest BCUT2D eigenvalue weighted by atomic mass is 16.1. The van der Waals surface area contributed by atoms with Gasteiger partial charge in [0.05, 0.1) is 0 Å². The fourth-order valence-corrected chi connectivity index (χ4v) is 7.55. The lowest BCUT2D eigenvalue weighted by Gasteiger charge is -2.63. The molecule has 0 amide bonds. The lowest BCUT2D eigenvalue weighted by molar-refractivity contribution is -0.124. The molecule has 0 saturated heterocycles. The third-order valence-corrected chi connectivity index (χ3v) is 8.25.